The zero-order chi connectivity index (χ0) is 8.41. The van der Waals surface area contributed by atoms with Crippen molar-refractivity contribution in [3.63, 3.8) is 0 Å². The van der Waals surface area contributed by atoms with Gasteiger partial charge in [-0.1, -0.05) is 39.5 Å². The number of allylic oxidation sites excluding steroid dienone is 3. The highest BCUT2D eigenvalue weighted by Gasteiger charge is 1.80. The van der Waals surface area contributed by atoms with Gasteiger partial charge in [-0.25, -0.2) is 0 Å². The van der Waals surface area contributed by atoms with Gasteiger partial charge >= 0.3 is 0 Å². The van der Waals surface area contributed by atoms with Gasteiger partial charge in [0.15, 0.2) is 0 Å². The molecule has 0 fully saturated rings. The lowest BCUT2D eigenvalue weighted by Crippen LogP contribution is -1.77. The average Bonchev–Trinajstić information content (AvgIpc) is 2.04. The van der Waals surface area contributed by atoms with E-state index in [-0.39, 0.29) is 0 Å². The smallest absolute Gasteiger partial charge is 0.0209 e. The van der Waals surface area contributed by atoms with Gasteiger partial charge < -0.3 is 5.41 Å². The van der Waals surface area contributed by atoms with Crippen molar-refractivity contribution >= 4 is 6.21 Å². The molecule has 1 nitrogen and oxygen atoms in total. The molecule has 0 radical (unpaired) electrons. The molecule has 0 aromatic rings. The Bertz CT molecular complexity index is 112. The number of hydrogen-bond donors (Lipinski definition) is 1. The molecular formula is C9H17N. The van der Waals surface area contributed by atoms with Gasteiger partial charge in [-0.15, -0.1) is 0 Å². The second-order valence-corrected chi connectivity index (χ2v) is 1.48. The first-order valence-corrected chi connectivity index (χ1v) is 3.67. The summed E-state index contributed by atoms with van der Waals surface area (Å²) in [4.78, 5) is 0. The Hall–Kier alpha value is -0.850. The van der Waals surface area contributed by atoms with E-state index in [2.05, 4.69) is 6.58 Å². The molecule has 0 bridgehead atoms. The van der Waals surface area contributed by atoms with Gasteiger partial charge in [-0.05, 0) is 12.0 Å². The summed E-state index contributed by atoms with van der Waals surface area (Å²) in [5.74, 6) is 0. The highest BCUT2D eigenvalue weighted by atomic mass is 14.3. The van der Waals surface area contributed by atoms with Crippen LogP contribution in [0.15, 0.2) is 24.3 Å². The Kier molecular flexibility index (Phi) is 13.1. The van der Waals surface area contributed by atoms with Crippen LogP contribution in [0.2, 0.25) is 0 Å². The van der Waals surface area contributed by atoms with Gasteiger partial charge in [-0.2, -0.15) is 0 Å². The zero-order valence-electron chi connectivity index (χ0n) is 7.15. The van der Waals surface area contributed by atoms with E-state index >= 15 is 0 Å². The van der Waals surface area contributed by atoms with E-state index in [0.29, 0.717) is 0 Å². The third-order valence-corrected chi connectivity index (χ3v) is 0.926. The maximum absolute atomic E-state index is 6.82. The molecule has 0 aromatic carbocycles. The standard InChI is InChI=1S/C7H11N.C2H6/c1-3-5-7(4-2)6-8;1-2/h3,5-6,8H,1,4H2,2H3;1-2H3/b7-5+,8-6?;. The quantitative estimate of drug-likeness (QED) is 0.458. The molecule has 58 valence electrons. The Morgan fingerprint density at radius 2 is 2.00 bits per heavy atom. The van der Waals surface area contributed by atoms with Crippen molar-refractivity contribution in [2.45, 2.75) is 27.2 Å². The Morgan fingerprint density at radius 3 is 2.10 bits per heavy atom. The summed E-state index contributed by atoms with van der Waals surface area (Å²) in [7, 11) is 0. The molecule has 0 heterocycles. The molecule has 1 heteroatoms. The summed E-state index contributed by atoms with van der Waals surface area (Å²) in [6.07, 6.45) is 5.80. The Balaban J connectivity index is 0. The fourth-order valence-electron chi connectivity index (χ4n) is 0.419. The summed E-state index contributed by atoms with van der Waals surface area (Å²) >= 11 is 0. The van der Waals surface area contributed by atoms with Crippen LogP contribution in [0.25, 0.3) is 0 Å². The maximum Gasteiger partial charge on any atom is 0.0209 e. The average molecular weight is 139 g/mol. The zero-order valence-corrected chi connectivity index (χ0v) is 7.15. The highest BCUT2D eigenvalue weighted by Crippen LogP contribution is 1.94. The minimum Gasteiger partial charge on any atom is -0.308 e. The van der Waals surface area contributed by atoms with E-state index in [0.717, 1.165) is 12.0 Å². The minimum atomic E-state index is 0.912. The molecular weight excluding hydrogens is 122 g/mol. The van der Waals surface area contributed by atoms with Crippen LogP contribution in [-0.4, -0.2) is 6.21 Å². The molecule has 0 aliphatic rings. The molecule has 0 atom stereocenters. The molecule has 0 unspecified atom stereocenters. The van der Waals surface area contributed by atoms with E-state index in [1.165, 1.54) is 6.21 Å². The minimum absolute atomic E-state index is 0.912. The normalized spacial score (nSPS) is 9.30. The van der Waals surface area contributed by atoms with E-state index < -0.39 is 0 Å². The van der Waals surface area contributed by atoms with Crippen LogP contribution >= 0.6 is 0 Å². The number of rotatable bonds is 3. The molecule has 0 rings (SSSR count). The highest BCUT2D eigenvalue weighted by molar-refractivity contribution is 5.75. The predicted octanol–water partition coefficient (Wildman–Crippen LogP) is 3.18. The monoisotopic (exact) mass is 139 g/mol. The summed E-state index contributed by atoms with van der Waals surface area (Å²) in [6, 6.07) is 0. The number of hydrogen-bond acceptors (Lipinski definition) is 1. The number of nitrogens with one attached hydrogen (secondary N) is 1. The Morgan fingerprint density at radius 1 is 1.50 bits per heavy atom. The molecule has 0 saturated carbocycles. The topological polar surface area (TPSA) is 23.9 Å². The van der Waals surface area contributed by atoms with Crippen LogP contribution in [0.3, 0.4) is 0 Å². The molecule has 0 amide bonds. The first-order chi connectivity index (χ1) is 4.85. The largest absolute Gasteiger partial charge is 0.308 e. The van der Waals surface area contributed by atoms with E-state index in [1.807, 2.05) is 26.8 Å². The molecule has 0 aromatic heterocycles. The lowest BCUT2D eigenvalue weighted by atomic mass is 10.2. The third-order valence-electron chi connectivity index (χ3n) is 0.926. The molecule has 0 spiro atoms. The third kappa shape index (κ3) is 7.15. The second-order valence-electron chi connectivity index (χ2n) is 1.48. The van der Waals surface area contributed by atoms with Crippen molar-refractivity contribution in [1.82, 2.24) is 0 Å². The van der Waals surface area contributed by atoms with Gasteiger partial charge in [0.05, 0.1) is 0 Å². The summed E-state index contributed by atoms with van der Waals surface area (Å²) in [5, 5.41) is 6.82. The van der Waals surface area contributed by atoms with Crippen LogP contribution in [0.1, 0.15) is 27.2 Å². The van der Waals surface area contributed by atoms with Crippen LogP contribution in [0.4, 0.5) is 0 Å². The molecule has 1 N–H and O–H groups in total. The van der Waals surface area contributed by atoms with Crippen molar-refractivity contribution in [3.05, 3.63) is 24.3 Å². The van der Waals surface area contributed by atoms with Crippen LogP contribution < -0.4 is 0 Å². The van der Waals surface area contributed by atoms with Crippen molar-refractivity contribution in [2.24, 2.45) is 0 Å². The summed E-state index contributed by atoms with van der Waals surface area (Å²) < 4.78 is 0. The van der Waals surface area contributed by atoms with Crippen molar-refractivity contribution in [1.29, 1.82) is 5.41 Å². The van der Waals surface area contributed by atoms with E-state index in [9.17, 15) is 0 Å². The van der Waals surface area contributed by atoms with Gasteiger partial charge in [-0.3, -0.25) is 0 Å². The fraction of sp³-hybridized carbons (Fsp3) is 0.444. The summed E-state index contributed by atoms with van der Waals surface area (Å²) in [5.41, 5.74) is 1.01. The second kappa shape index (κ2) is 11.0. The van der Waals surface area contributed by atoms with Crippen molar-refractivity contribution in [3.8, 4) is 0 Å². The molecule has 0 aliphatic heterocycles. The summed E-state index contributed by atoms with van der Waals surface area (Å²) in [6.45, 7) is 9.53. The predicted molar refractivity (Wildman–Crippen MR) is 48.7 cm³/mol. The maximum atomic E-state index is 6.82. The van der Waals surface area contributed by atoms with Crippen LogP contribution in [0, 0.1) is 5.41 Å². The fourth-order valence-corrected chi connectivity index (χ4v) is 0.419. The van der Waals surface area contributed by atoms with Crippen molar-refractivity contribution < 1.29 is 0 Å². The van der Waals surface area contributed by atoms with Crippen LogP contribution in [0.5, 0.6) is 0 Å². The molecule has 0 aliphatic carbocycles. The first-order valence-electron chi connectivity index (χ1n) is 3.67. The lowest BCUT2D eigenvalue weighted by Gasteiger charge is -1.87. The van der Waals surface area contributed by atoms with E-state index in [1.54, 1.807) is 6.08 Å². The van der Waals surface area contributed by atoms with Gasteiger partial charge in [0.25, 0.3) is 0 Å². The molecule has 0 saturated heterocycles. The van der Waals surface area contributed by atoms with Crippen molar-refractivity contribution in [2.75, 3.05) is 0 Å². The Labute approximate surface area is 64.0 Å². The van der Waals surface area contributed by atoms with Gasteiger partial charge in [0.1, 0.15) is 0 Å². The van der Waals surface area contributed by atoms with Gasteiger partial charge in [0, 0.05) is 6.21 Å². The first kappa shape index (κ1) is 11.9. The van der Waals surface area contributed by atoms with Gasteiger partial charge in [0.2, 0.25) is 0 Å². The SMILES string of the molecule is C=C/C=C(/C=N)CC.CC. The lowest BCUT2D eigenvalue weighted by molar-refractivity contribution is 1.17. The van der Waals surface area contributed by atoms with Crippen LogP contribution in [-0.2, 0) is 0 Å². The molecule has 10 heavy (non-hydrogen) atoms. The van der Waals surface area contributed by atoms with E-state index in [4.69, 9.17) is 5.41 Å².